The molecule has 0 bridgehead atoms. The maximum absolute atomic E-state index is 11.5. The quantitative estimate of drug-likeness (QED) is 0.741. The molecule has 0 aliphatic heterocycles. The highest BCUT2D eigenvalue weighted by Gasteiger charge is 2.43. The zero-order chi connectivity index (χ0) is 9.19. The molecule has 1 aliphatic carbocycles. The molecule has 1 rings (SSSR count). The molecule has 0 aromatic heterocycles. The van der Waals surface area contributed by atoms with E-state index < -0.39 is 0 Å². The van der Waals surface area contributed by atoms with E-state index in [4.69, 9.17) is 0 Å². The molecule has 70 valence electrons. The number of rotatable bonds is 4. The van der Waals surface area contributed by atoms with E-state index in [-0.39, 0.29) is 17.4 Å². The summed E-state index contributed by atoms with van der Waals surface area (Å²) in [6, 6.07) is 0. The summed E-state index contributed by atoms with van der Waals surface area (Å²) in [5, 5.41) is 3.97. The van der Waals surface area contributed by atoms with Crippen molar-refractivity contribution >= 4 is 21.8 Å². The van der Waals surface area contributed by atoms with E-state index in [9.17, 15) is 4.79 Å². The normalized spacial score (nSPS) is 21.6. The Hall–Kier alpha value is -0.0500. The highest BCUT2D eigenvalue weighted by molar-refractivity contribution is 9.09. The van der Waals surface area contributed by atoms with Crippen molar-refractivity contribution in [1.82, 2.24) is 5.32 Å². The average molecular weight is 234 g/mol. The van der Waals surface area contributed by atoms with Gasteiger partial charge in [0, 0.05) is 16.8 Å². The van der Waals surface area contributed by atoms with Crippen molar-refractivity contribution in [2.45, 2.75) is 38.6 Å². The zero-order valence-electron chi connectivity index (χ0n) is 7.69. The third-order valence-corrected chi connectivity index (χ3v) is 3.63. The molecule has 0 aromatic carbocycles. The molecule has 1 aliphatic rings. The highest BCUT2D eigenvalue weighted by Crippen LogP contribution is 2.37. The Morgan fingerprint density at radius 1 is 1.67 bits per heavy atom. The number of nitrogens with one attached hydrogen (secondary N) is 1. The molecule has 1 N–H and O–H groups in total. The second-order valence-electron chi connectivity index (χ2n) is 3.71. The van der Waals surface area contributed by atoms with Crippen LogP contribution in [0.1, 0.15) is 33.1 Å². The summed E-state index contributed by atoms with van der Waals surface area (Å²) in [5.41, 5.74) is 0.112. The summed E-state index contributed by atoms with van der Waals surface area (Å²) < 4.78 is 0. The Morgan fingerprint density at radius 2 is 2.25 bits per heavy atom. The van der Waals surface area contributed by atoms with Gasteiger partial charge in [-0.05, 0) is 19.3 Å². The molecule has 1 amide bonds. The molecule has 0 saturated heterocycles. The smallest absolute Gasteiger partial charge is 0.223 e. The van der Waals surface area contributed by atoms with Crippen molar-refractivity contribution in [3.8, 4) is 0 Å². The minimum absolute atomic E-state index is 0.112. The Labute approximate surface area is 82.2 Å². The van der Waals surface area contributed by atoms with Crippen LogP contribution in [0, 0.1) is 5.92 Å². The van der Waals surface area contributed by atoms with Crippen molar-refractivity contribution in [3.63, 3.8) is 0 Å². The molecule has 0 spiro atoms. The zero-order valence-corrected chi connectivity index (χ0v) is 9.28. The number of carbonyl (C=O) groups excluding carboxylic acids is 1. The van der Waals surface area contributed by atoms with E-state index in [2.05, 4.69) is 21.2 Å². The van der Waals surface area contributed by atoms with Crippen LogP contribution in [0.15, 0.2) is 0 Å². The second kappa shape index (κ2) is 3.77. The fourth-order valence-electron chi connectivity index (χ4n) is 1.01. The van der Waals surface area contributed by atoms with Crippen molar-refractivity contribution in [3.05, 3.63) is 0 Å². The number of hydrogen-bond donors (Lipinski definition) is 1. The van der Waals surface area contributed by atoms with Gasteiger partial charge >= 0.3 is 0 Å². The van der Waals surface area contributed by atoms with E-state index in [1.807, 2.05) is 13.8 Å². The maximum atomic E-state index is 11.5. The number of amides is 1. The largest absolute Gasteiger partial charge is 0.350 e. The van der Waals surface area contributed by atoms with Crippen molar-refractivity contribution in [2.75, 3.05) is 5.33 Å². The van der Waals surface area contributed by atoms with Gasteiger partial charge in [0.2, 0.25) is 5.91 Å². The van der Waals surface area contributed by atoms with Gasteiger partial charge in [-0.1, -0.05) is 29.8 Å². The van der Waals surface area contributed by atoms with Crippen LogP contribution in [0.4, 0.5) is 0 Å². The number of halogens is 1. The van der Waals surface area contributed by atoms with Gasteiger partial charge in [-0.2, -0.15) is 0 Å². The molecule has 1 saturated carbocycles. The maximum Gasteiger partial charge on any atom is 0.223 e. The molecule has 3 heteroatoms. The van der Waals surface area contributed by atoms with Gasteiger partial charge in [0.15, 0.2) is 0 Å². The Balaban J connectivity index is 2.36. The summed E-state index contributed by atoms with van der Waals surface area (Å²) in [6.45, 7) is 4.01. The lowest BCUT2D eigenvalue weighted by Crippen LogP contribution is -2.40. The van der Waals surface area contributed by atoms with Crippen LogP contribution in [0.5, 0.6) is 0 Å². The summed E-state index contributed by atoms with van der Waals surface area (Å²) in [6.07, 6.45) is 3.17. The number of carbonyl (C=O) groups is 1. The van der Waals surface area contributed by atoms with Crippen LogP contribution in [-0.2, 0) is 4.79 Å². The Morgan fingerprint density at radius 3 is 2.58 bits per heavy atom. The molecule has 0 radical (unpaired) electrons. The van der Waals surface area contributed by atoms with Crippen LogP contribution < -0.4 is 5.32 Å². The van der Waals surface area contributed by atoms with Gasteiger partial charge in [-0.15, -0.1) is 0 Å². The number of alkyl halides is 1. The van der Waals surface area contributed by atoms with Crippen molar-refractivity contribution in [2.24, 2.45) is 5.92 Å². The standard InChI is InChI=1S/C9H16BrNO/c1-3-7(2)8(12)11-9(6-10)4-5-9/h7H,3-6H2,1-2H3,(H,11,12). The first-order valence-electron chi connectivity index (χ1n) is 4.51. The predicted molar refractivity (Wildman–Crippen MR) is 53.4 cm³/mol. The summed E-state index contributed by atoms with van der Waals surface area (Å²) in [7, 11) is 0. The van der Waals surface area contributed by atoms with Gasteiger partial charge in [0.1, 0.15) is 0 Å². The third-order valence-electron chi connectivity index (χ3n) is 2.56. The van der Waals surface area contributed by atoms with Crippen LogP contribution in [-0.4, -0.2) is 16.8 Å². The molecule has 1 atom stereocenters. The van der Waals surface area contributed by atoms with E-state index >= 15 is 0 Å². The first-order chi connectivity index (χ1) is 5.63. The Bertz CT molecular complexity index is 177. The average Bonchev–Trinajstić information content (AvgIpc) is 2.84. The van der Waals surface area contributed by atoms with Gasteiger partial charge in [-0.25, -0.2) is 0 Å². The first kappa shape index (κ1) is 10.0. The van der Waals surface area contributed by atoms with E-state index in [1.54, 1.807) is 0 Å². The molecule has 0 aromatic rings. The molecular formula is C9H16BrNO. The fraction of sp³-hybridized carbons (Fsp3) is 0.889. The van der Waals surface area contributed by atoms with E-state index in [0.717, 1.165) is 24.6 Å². The van der Waals surface area contributed by atoms with Crippen LogP contribution in [0.2, 0.25) is 0 Å². The van der Waals surface area contributed by atoms with E-state index in [0.29, 0.717) is 0 Å². The second-order valence-corrected chi connectivity index (χ2v) is 4.27. The van der Waals surface area contributed by atoms with Gasteiger partial charge < -0.3 is 5.32 Å². The van der Waals surface area contributed by atoms with Crippen LogP contribution in [0.3, 0.4) is 0 Å². The minimum Gasteiger partial charge on any atom is -0.350 e. The third kappa shape index (κ3) is 2.22. The molecular weight excluding hydrogens is 218 g/mol. The minimum atomic E-state index is 0.112. The molecule has 2 nitrogen and oxygen atoms in total. The SMILES string of the molecule is CCC(C)C(=O)NC1(CBr)CC1. The van der Waals surface area contributed by atoms with Crippen molar-refractivity contribution in [1.29, 1.82) is 0 Å². The lowest BCUT2D eigenvalue weighted by atomic mass is 10.1. The van der Waals surface area contributed by atoms with Crippen molar-refractivity contribution < 1.29 is 4.79 Å². The van der Waals surface area contributed by atoms with Gasteiger partial charge in [0.25, 0.3) is 0 Å². The summed E-state index contributed by atoms with van der Waals surface area (Å²) in [4.78, 5) is 11.5. The summed E-state index contributed by atoms with van der Waals surface area (Å²) >= 11 is 3.42. The molecule has 1 unspecified atom stereocenters. The lowest BCUT2D eigenvalue weighted by Gasteiger charge is -2.17. The monoisotopic (exact) mass is 233 g/mol. The molecule has 0 heterocycles. The predicted octanol–water partition coefficient (Wildman–Crippen LogP) is 2.08. The topological polar surface area (TPSA) is 29.1 Å². The number of hydrogen-bond acceptors (Lipinski definition) is 1. The van der Waals surface area contributed by atoms with E-state index in [1.165, 1.54) is 0 Å². The Kier molecular flexibility index (Phi) is 3.16. The van der Waals surface area contributed by atoms with Gasteiger partial charge in [0.05, 0.1) is 0 Å². The first-order valence-corrected chi connectivity index (χ1v) is 5.63. The fourth-order valence-corrected chi connectivity index (χ4v) is 1.71. The summed E-state index contributed by atoms with van der Waals surface area (Å²) in [5.74, 6) is 0.357. The lowest BCUT2D eigenvalue weighted by molar-refractivity contribution is -0.125. The molecule has 12 heavy (non-hydrogen) atoms. The van der Waals surface area contributed by atoms with Crippen LogP contribution >= 0.6 is 15.9 Å². The highest BCUT2D eigenvalue weighted by atomic mass is 79.9. The van der Waals surface area contributed by atoms with Crippen LogP contribution in [0.25, 0.3) is 0 Å². The van der Waals surface area contributed by atoms with Gasteiger partial charge in [-0.3, -0.25) is 4.79 Å². The molecule has 1 fully saturated rings.